The number of nitrogens with two attached hydrogens (primary N) is 1. The van der Waals surface area contributed by atoms with E-state index in [4.69, 9.17) is 10.3 Å². The lowest BCUT2D eigenvalue weighted by Crippen LogP contribution is -2.28. The molecule has 122 valence electrons. The van der Waals surface area contributed by atoms with Crippen molar-refractivity contribution in [3.63, 3.8) is 0 Å². The van der Waals surface area contributed by atoms with Crippen molar-refractivity contribution in [2.24, 2.45) is 5.73 Å². The van der Waals surface area contributed by atoms with E-state index in [9.17, 15) is 0 Å². The predicted octanol–water partition coefficient (Wildman–Crippen LogP) is 3.27. The molecule has 2 atom stereocenters. The molecule has 1 saturated heterocycles. The number of aromatic nitrogens is 1. The standard InChI is InChI=1S/C20H21N3O/c21-19-14-23(13-18(19)15-7-3-1-4-8-15)12-17-11-20(22-24-17)16-9-5-2-6-10-16/h1-11,18-19H,12-14,21H2/t18-,19+/m0/s1. The molecule has 1 aliphatic rings. The summed E-state index contributed by atoms with van der Waals surface area (Å²) in [5.41, 5.74) is 9.64. The van der Waals surface area contributed by atoms with Crippen LogP contribution < -0.4 is 5.73 Å². The van der Waals surface area contributed by atoms with E-state index in [0.717, 1.165) is 36.7 Å². The summed E-state index contributed by atoms with van der Waals surface area (Å²) in [5.74, 6) is 1.26. The van der Waals surface area contributed by atoms with Gasteiger partial charge in [0, 0.05) is 36.7 Å². The minimum absolute atomic E-state index is 0.156. The van der Waals surface area contributed by atoms with Crippen molar-refractivity contribution >= 4 is 0 Å². The van der Waals surface area contributed by atoms with Crippen molar-refractivity contribution in [3.8, 4) is 11.3 Å². The molecule has 0 aliphatic carbocycles. The van der Waals surface area contributed by atoms with E-state index in [1.54, 1.807) is 0 Å². The third-order valence-electron chi connectivity index (χ3n) is 4.68. The summed E-state index contributed by atoms with van der Waals surface area (Å²) in [5, 5.41) is 4.19. The van der Waals surface area contributed by atoms with Crippen LogP contribution in [0.3, 0.4) is 0 Å². The first kappa shape index (κ1) is 15.1. The van der Waals surface area contributed by atoms with Crippen molar-refractivity contribution < 1.29 is 4.52 Å². The van der Waals surface area contributed by atoms with Crippen LogP contribution in [0, 0.1) is 0 Å². The average Bonchev–Trinajstić information content (AvgIpc) is 3.23. The Morgan fingerprint density at radius 3 is 2.46 bits per heavy atom. The molecule has 0 saturated carbocycles. The second-order valence-corrected chi connectivity index (χ2v) is 6.42. The van der Waals surface area contributed by atoms with E-state index in [1.807, 2.05) is 42.5 Å². The van der Waals surface area contributed by atoms with Crippen LogP contribution in [-0.2, 0) is 6.54 Å². The van der Waals surface area contributed by atoms with Gasteiger partial charge in [-0.05, 0) is 5.56 Å². The van der Waals surface area contributed by atoms with Crippen LogP contribution in [0.15, 0.2) is 71.3 Å². The maximum absolute atomic E-state index is 6.36. The Morgan fingerprint density at radius 2 is 1.71 bits per heavy atom. The summed E-state index contributed by atoms with van der Waals surface area (Å²) in [4.78, 5) is 2.34. The van der Waals surface area contributed by atoms with Gasteiger partial charge in [0.15, 0.2) is 5.76 Å². The lowest BCUT2D eigenvalue weighted by molar-refractivity contribution is 0.270. The number of rotatable bonds is 4. The Balaban J connectivity index is 1.44. The van der Waals surface area contributed by atoms with E-state index in [2.05, 4.69) is 34.3 Å². The SMILES string of the molecule is N[C@@H]1CN(Cc2cc(-c3ccccc3)no2)C[C@H]1c1ccccc1. The molecule has 4 nitrogen and oxygen atoms in total. The highest BCUT2D eigenvalue weighted by molar-refractivity contribution is 5.58. The molecule has 0 bridgehead atoms. The summed E-state index contributed by atoms with van der Waals surface area (Å²) in [7, 11) is 0. The smallest absolute Gasteiger partial charge is 0.151 e. The van der Waals surface area contributed by atoms with Crippen LogP contribution in [0.5, 0.6) is 0 Å². The van der Waals surface area contributed by atoms with E-state index in [1.165, 1.54) is 5.56 Å². The Kier molecular flexibility index (Phi) is 4.15. The zero-order valence-electron chi connectivity index (χ0n) is 13.5. The van der Waals surface area contributed by atoms with Gasteiger partial charge in [-0.15, -0.1) is 0 Å². The summed E-state index contributed by atoms with van der Waals surface area (Å²) >= 11 is 0. The fraction of sp³-hybridized carbons (Fsp3) is 0.250. The Labute approximate surface area is 141 Å². The van der Waals surface area contributed by atoms with Gasteiger partial charge in [0.05, 0.1) is 6.54 Å². The summed E-state index contributed by atoms with van der Waals surface area (Å²) < 4.78 is 5.52. The van der Waals surface area contributed by atoms with Crippen LogP contribution in [-0.4, -0.2) is 29.2 Å². The summed E-state index contributed by atoms with van der Waals surface area (Å²) in [6.07, 6.45) is 0. The van der Waals surface area contributed by atoms with Gasteiger partial charge in [-0.25, -0.2) is 0 Å². The predicted molar refractivity (Wildman–Crippen MR) is 94.4 cm³/mol. The molecule has 3 aromatic rings. The summed E-state index contributed by atoms with van der Waals surface area (Å²) in [6, 6.07) is 22.8. The Morgan fingerprint density at radius 1 is 1.00 bits per heavy atom. The third kappa shape index (κ3) is 3.11. The number of nitrogens with zero attached hydrogens (tertiary/aromatic N) is 2. The molecule has 0 amide bonds. The largest absolute Gasteiger partial charge is 0.359 e. The first-order valence-electron chi connectivity index (χ1n) is 8.33. The number of benzene rings is 2. The lowest BCUT2D eigenvalue weighted by Gasteiger charge is -2.14. The van der Waals surface area contributed by atoms with Crippen molar-refractivity contribution in [2.45, 2.75) is 18.5 Å². The first-order chi connectivity index (χ1) is 11.8. The zero-order valence-corrected chi connectivity index (χ0v) is 13.5. The van der Waals surface area contributed by atoms with E-state index >= 15 is 0 Å². The van der Waals surface area contributed by atoms with Gasteiger partial charge in [-0.2, -0.15) is 0 Å². The highest BCUT2D eigenvalue weighted by atomic mass is 16.5. The minimum Gasteiger partial charge on any atom is -0.359 e. The monoisotopic (exact) mass is 319 g/mol. The molecular formula is C20H21N3O. The molecular weight excluding hydrogens is 298 g/mol. The second kappa shape index (κ2) is 6.59. The minimum atomic E-state index is 0.156. The Bertz CT molecular complexity index is 785. The first-order valence-corrected chi connectivity index (χ1v) is 8.33. The van der Waals surface area contributed by atoms with Crippen molar-refractivity contribution in [2.75, 3.05) is 13.1 Å². The van der Waals surface area contributed by atoms with Crippen molar-refractivity contribution in [1.29, 1.82) is 0 Å². The molecule has 24 heavy (non-hydrogen) atoms. The highest BCUT2D eigenvalue weighted by Gasteiger charge is 2.31. The van der Waals surface area contributed by atoms with Gasteiger partial charge >= 0.3 is 0 Å². The fourth-order valence-electron chi connectivity index (χ4n) is 3.45. The van der Waals surface area contributed by atoms with Gasteiger partial charge in [0.1, 0.15) is 5.69 Å². The van der Waals surface area contributed by atoms with E-state index < -0.39 is 0 Å². The quantitative estimate of drug-likeness (QED) is 0.802. The molecule has 2 heterocycles. The van der Waals surface area contributed by atoms with Crippen LogP contribution in [0.1, 0.15) is 17.2 Å². The molecule has 0 radical (unpaired) electrons. The molecule has 1 aliphatic heterocycles. The second-order valence-electron chi connectivity index (χ2n) is 6.42. The molecule has 2 N–H and O–H groups in total. The summed E-state index contributed by atoms with van der Waals surface area (Å²) in [6.45, 7) is 2.57. The van der Waals surface area contributed by atoms with Crippen molar-refractivity contribution in [1.82, 2.24) is 10.1 Å². The molecule has 0 unspecified atom stereocenters. The van der Waals surface area contributed by atoms with Crippen molar-refractivity contribution in [3.05, 3.63) is 78.1 Å². The molecule has 2 aromatic carbocycles. The van der Waals surface area contributed by atoms with Gasteiger partial charge in [0.2, 0.25) is 0 Å². The maximum atomic E-state index is 6.36. The normalized spacial score (nSPS) is 21.2. The number of hydrogen-bond donors (Lipinski definition) is 1. The van der Waals surface area contributed by atoms with E-state index in [-0.39, 0.29) is 6.04 Å². The molecule has 4 rings (SSSR count). The van der Waals surface area contributed by atoms with Crippen LogP contribution in [0.2, 0.25) is 0 Å². The molecule has 0 spiro atoms. The molecule has 1 aromatic heterocycles. The zero-order chi connectivity index (χ0) is 16.4. The van der Waals surface area contributed by atoms with Gasteiger partial charge in [-0.1, -0.05) is 65.8 Å². The van der Waals surface area contributed by atoms with E-state index in [0.29, 0.717) is 5.92 Å². The van der Waals surface area contributed by atoms with Crippen LogP contribution in [0.4, 0.5) is 0 Å². The number of likely N-dealkylation sites (tertiary alicyclic amines) is 1. The molecule has 1 fully saturated rings. The topological polar surface area (TPSA) is 55.3 Å². The van der Waals surface area contributed by atoms with Crippen LogP contribution in [0.25, 0.3) is 11.3 Å². The lowest BCUT2D eigenvalue weighted by atomic mass is 9.95. The number of hydrogen-bond acceptors (Lipinski definition) is 4. The van der Waals surface area contributed by atoms with Gasteiger partial charge in [0.25, 0.3) is 0 Å². The average molecular weight is 319 g/mol. The molecule has 4 heteroatoms. The Hall–Kier alpha value is -2.43. The van der Waals surface area contributed by atoms with Crippen LogP contribution >= 0.6 is 0 Å². The highest BCUT2D eigenvalue weighted by Crippen LogP contribution is 2.28. The van der Waals surface area contributed by atoms with Gasteiger partial charge < -0.3 is 10.3 Å². The fourth-order valence-corrected chi connectivity index (χ4v) is 3.45. The third-order valence-corrected chi connectivity index (χ3v) is 4.68. The van der Waals surface area contributed by atoms with Gasteiger partial charge in [-0.3, -0.25) is 4.90 Å². The maximum Gasteiger partial charge on any atom is 0.151 e.